The van der Waals surface area contributed by atoms with E-state index >= 15 is 0 Å². The molecule has 0 radical (unpaired) electrons. The highest BCUT2D eigenvalue weighted by Crippen LogP contribution is 2.31. The molecular formula is C15H18ClFO4. The van der Waals surface area contributed by atoms with Gasteiger partial charge in [0.2, 0.25) is 0 Å². The number of rotatable bonds is 6. The summed E-state index contributed by atoms with van der Waals surface area (Å²) in [5.74, 6) is -2.10. The molecular weight excluding hydrogens is 299 g/mol. The third-order valence-corrected chi connectivity index (χ3v) is 3.40. The van der Waals surface area contributed by atoms with Crippen LogP contribution in [0.25, 0.3) is 0 Å². The fourth-order valence-electron chi connectivity index (χ4n) is 1.86. The molecule has 0 saturated carbocycles. The minimum atomic E-state index is -1.64. The highest BCUT2D eigenvalue weighted by Gasteiger charge is 2.45. The first kappa shape index (κ1) is 17.4. The van der Waals surface area contributed by atoms with Crippen LogP contribution in [0, 0.1) is 11.2 Å². The lowest BCUT2D eigenvalue weighted by molar-refractivity contribution is -0.170. The third-order valence-electron chi connectivity index (χ3n) is 3.04. The predicted octanol–water partition coefficient (Wildman–Crippen LogP) is 3.15. The molecule has 0 heterocycles. The Labute approximate surface area is 128 Å². The van der Waals surface area contributed by atoms with E-state index < -0.39 is 23.2 Å². The molecule has 0 unspecified atom stereocenters. The first-order valence-electron chi connectivity index (χ1n) is 6.64. The van der Waals surface area contributed by atoms with Gasteiger partial charge in [-0.2, -0.15) is 0 Å². The Morgan fingerprint density at radius 2 is 1.71 bits per heavy atom. The highest BCUT2D eigenvalue weighted by atomic mass is 35.5. The van der Waals surface area contributed by atoms with Crippen molar-refractivity contribution in [2.75, 3.05) is 13.2 Å². The fraction of sp³-hybridized carbons (Fsp3) is 0.467. The lowest BCUT2D eigenvalue weighted by Crippen LogP contribution is -2.41. The molecule has 6 heteroatoms. The minimum Gasteiger partial charge on any atom is -0.465 e. The molecule has 0 aliphatic rings. The molecule has 0 fully saturated rings. The lowest BCUT2D eigenvalue weighted by Gasteiger charge is -2.25. The van der Waals surface area contributed by atoms with Crippen LogP contribution in [0.3, 0.4) is 0 Å². The number of halogens is 2. The third kappa shape index (κ3) is 3.94. The smallest absolute Gasteiger partial charge is 0.323 e. The van der Waals surface area contributed by atoms with Gasteiger partial charge in [0.1, 0.15) is 5.82 Å². The van der Waals surface area contributed by atoms with E-state index in [0.717, 1.165) is 0 Å². The summed E-state index contributed by atoms with van der Waals surface area (Å²) in [7, 11) is 0. The monoisotopic (exact) mass is 316 g/mol. The second-order valence-electron chi connectivity index (χ2n) is 4.65. The molecule has 0 N–H and O–H groups in total. The van der Waals surface area contributed by atoms with E-state index in [0.29, 0.717) is 0 Å². The van der Waals surface area contributed by atoms with Gasteiger partial charge in [0.25, 0.3) is 0 Å². The van der Waals surface area contributed by atoms with Gasteiger partial charge in [0.05, 0.1) is 13.2 Å². The van der Waals surface area contributed by atoms with Crippen molar-refractivity contribution in [3.05, 3.63) is 34.6 Å². The summed E-state index contributed by atoms with van der Waals surface area (Å²) in [5.41, 5.74) is -1.56. The van der Waals surface area contributed by atoms with Crippen molar-refractivity contribution in [3.63, 3.8) is 0 Å². The average Bonchev–Trinajstić information content (AvgIpc) is 2.43. The van der Waals surface area contributed by atoms with Gasteiger partial charge in [-0.25, -0.2) is 4.39 Å². The van der Waals surface area contributed by atoms with Crippen LogP contribution in [-0.4, -0.2) is 25.2 Å². The standard InChI is InChI=1S/C15H18ClFO4/c1-4-20-13(18)15(3,14(19)21-5-2)9-10-11(16)7-6-8-12(10)17/h6-8H,4-5,9H2,1-3H3. The number of benzene rings is 1. The van der Waals surface area contributed by atoms with E-state index in [9.17, 15) is 14.0 Å². The zero-order valence-corrected chi connectivity index (χ0v) is 13.0. The maximum Gasteiger partial charge on any atom is 0.323 e. The first-order valence-corrected chi connectivity index (χ1v) is 7.02. The summed E-state index contributed by atoms with van der Waals surface area (Å²) in [6.07, 6.45) is -0.226. The van der Waals surface area contributed by atoms with Crippen LogP contribution < -0.4 is 0 Å². The Kier molecular flexibility index (Phi) is 6.15. The molecule has 0 aromatic heterocycles. The largest absolute Gasteiger partial charge is 0.465 e. The van der Waals surface area contributed by atoms with E-state index in [-0.39, 0.29) is 30.2 Å². The Balaban J connectivity index is 3.19. The number of esters is 2. The molecule has 116 valence electrons. The highest BCUT2D eigenvalue weighted by molar-refractivity contribution is 6.31. The van der Waals surface area contributed by atoms with E-state index in [1.807, 2.05) is 0 Å². The van der Waals surface area contributed by atoms with Gasteiger partial charge in [0.15, 0.2) is 5.41 Å². The summed E-state index contributed by atoms with van der Waals surface area (Å²) in [4.78, 5) is 24.2. The number of hydrogen-bond acceptors (Lipinski definition) is 4. The van der Waals surface area contributed by atoms with Crippen LogP contribution >= 0.6 is 11.6 Å². The lowest BCUT2D eigenvalue weighted by atomic mass is 9.83. The van der Waals surface area contributed by atoms with Gasteiger partial charge in [-0.3, -0.25) is 9.59 Å². The zero-order valence-electron chi connectivity index (χ0n) is 12.2. The van der Waals surface area contributed by atoms with Crippen LogP contribution in [0.5, 0.6) is 0 Å². The summed E-state index contributed by atoms with van der Waals surface area (Å²) < 4.78 is 23.7. The molecule has 0 bridgehead atoms. The Morgan fingerprint density at radius 1 is 1.19 bits per heavy atom. The van der Waals surface area contributed by atoms with Gasteiger partial charge in [0, 0.05) is 17.0 Å². The molecule has 1 aromatic rings. The number of carbonyl (C=O) groups is 2. The van der Waals surface area contributed by atoms with Gasteiger partial charge < -0.3 is 9.47 Å². The number of ether oxygens (including phenoxy) is 2. The van der Waals surface area contributed by atoms with E-state index in [2.05, 4.69) is 0 Å². The molecule has 0 saturated heterocycles. The Bertz CT molecular complexity index is 492. The number of hydrogen-bond donors (Lipinski definition) is 0. The Hall–Kier alpha value is -1.62. The van der Waals surface area contributed by atoms with Crippen LogP contribution in [0.15, 0.2) is 18.2 Å². The molecule has 1 rings (SSSR count). The second-order valence-corrected chi connectivity index (χ2v) is 5.06. The van der Waals surface area contributed by atoms with Crippen LogP contribution in [0.2, 0.25) is 5.02 Å². The molecule has 4 nitrogen and oxygen atoms in total. The fourth-order valence-corrected chi connectivity index (χ4v) is 2.09. The first-order chi connectivity index (χ1) is 9.86. The van der Waals surface area contributed by atoms with Crippen molar-refractivity contribution < 1.29 is 23.5 Å². The van der Waals surface area contributed by atoms with Crippen LogP contribution in [0.4, 0.5) is 4.39 Å². The van der Waals surface area contributed by atoms with Crippen molar-refractivity contribution >= 4 is 23.5 Å². The zero-order chi connectivity index (χ0) is 16.0. The van der Waals surface area contributed by atoms with Gasteiger partial charge in [-0.05, 0) is 32.9 Å². The van der Waals surface area contributed by atoms with Crippen molar-refractivity contribution in [3.8, 4) is 0 Å². The van der Waals surface area contributed by atoms with Crippen molar-refractivity contribution in [2.24, 2.45) is 5.41 Å². The molecule has 0 aliphatic heterocycles. The molecule has 0 spiro atoms. The SMILES string of the molecule is CCOC(=O)C(C)(Cc1c(F)cccc1Cl)C(=O)OCC. The van der Waals surface area contributed by atoms with Crippen molar-refractivity contribution in [1.29, 1.82) is 0 Å². The normalized spacial score (nSPS) is 11.1. The Morgan fingerprint density at radius 3 is 2.14 bits per heavy atom. The van der Waals surface area contributed by atoms with Gasteiger partial charge in [-0.15, -0.1) is 0 Å². The van der Waals surface area contributed by atoms with Gasteiger partial charge >= 0.3 is 11.9 Å². The van der Waals surface area contributed by atoms with E-state index in [1.165, 1.54) is 25.1 Å². The predicted molar refractivity (Wildman–Crippen MR) is 76.5 cm³/mol. The number of carbonyl (C=O) groups excluding carboxylic acids is 2. The molecule has 21 heavy (non-hydrogen) atoms. The molecule has 0 amide bonds. The summed E-state index contributed by atoms with van der Waals surface area (Å²) >= 11 is 5.95. The molecule has 0 aliphatic carbocycles. The maximum atomic E-state index is 13.9. The maximum absolute atomic E-state index is 13.9. The van der Waals surface area contributed by atoms with Crippen molar-refractivity contribution in [1.82, 2.24) is 0 Å². The van der Waals surface area contributed by atoms with Crippen molar-refractivity contribution in [2.45, 2.75) is 27.2 Å². The summed E-state index contributed by atoms with van der Waals surface area (Å²) in [6.45, 7) is 4.84. The van der Waals surface area contributed by atoms with Crippen LogP contribution in [-0.2, 0) is 25.5 Å². The summed E-state index contributed by atoms with van der Waals surface area (Å²) in [5, 5.41) is 0.148. The van der Waals surface area contributed by atoms with Crippen LogP contribution in [0.1, 0.15) is 26.3 Å². The summed E-state index contributed by atoms with van der Waals surface area (Å²) in [6, 6.07) is 4.17. The van der Waals surface area contributed by atoms with E-state index in [1.54, 1.807) is 13.8 Å². The quantitative estimate of drug-likeness (QED) is 0.597. The minimum absolute atomic E-state index is 0.0859. The van der Waals surface area contributed by atoms with E-state index in [4.69, 9.17) is 21.1 Å². The second kappa shape index (κ2) is 7.41. The average molecular weight is 317 g/mol. The molecule has 1 aromatic carbocycles. The topological polar surface area (TPSA) is 52.6 Å². The molecule has 0 atom stereocenters. The van der Waals surface area contributed by atoms with Gasteiger partial charge in [-0.1, -0.05) is 17.7 Å².